The first-order valence-corrected chi connectivity index (χ1v) is 6.14. The molecule has 16 heavy (non-hydrogen) atoms. The van der Waals surface area contributed by atoms with Gasteiger partial charge in [0.25, 0.3) is 0 Å². The Kier molecular flexibility index (Phi) is 2.72. The molecule has 2 rings (SSSR count). The summed E-state index contributed by atoms with van der Waals surface area (Å²) >= 11 is 1.67. The maximum Gasteiger partial charge on any atom is 0.183 e. The van der Waals surface area contributed by atoms with E-state index in [1.165, 1.54) is 4.70 Å². The molecule has 0 unspecified atom stereocenters. The molecule has 0 aliphatic heterocycles. The van der Waals surface area contributed by atoms with E-state index in [9.17, 15) is 5.21 Å². The van der Waals surface area contributed by atoms with E-state index in [2.05, 4.69) is 6.07 Å². The van der Waals surface area contributed by atoms with E-state index < -0.39 is 0 Å². The number of fused-ring (bicyclic) bond motifs is 1. The molecule has 3 heteroatoms. The molecule has 0 N–H and O–H groups in total. The molecule has 0 bridgehead atoms. The predicted molar refractivity (Wildman–Crippen MR) is 70.4 cm³/mol. The average molecular weight is 233 g/mol. The van der Waals surface area contributed by atoms with Gasteiger partial charge in [0.15, 0.2) is 11.8 Å². The lowest BCUT2D eigenvalue weighted by atomic mass is 10.1. The van der Waals surface area contributed by atoms with Crippen molar-refractivity contribution in [3.05, 3.63) is 40.4 Å². The fourth-order valence-corrected chi connectivity index (χ4v) is 2.33. The molecule has 84 valence electrons. The van der Waals surface area contributed by atoms with Crippen LogP contribution < -0.4 is 0 Å². The normalized spacial score (nSPS) is 13.3. The highest BCUT2D eigenvalue weighted by molar-refractivity contribution is 7.17. The Morgan fingerprint density at radius 3 is 2.62 bits per heavy atom. The van der Waals surface area contributed by atoms with Crippen LogP contribution in [-0.4, -0.2) is 16.5 Å². The molecule has 1 heterocycles. The first kappa shape index (κ1) is 11.1. The molecule has 0 saturated carbocycles. The highest BCUT2D eigenvalue weighted by Gasteiger charge is 2.18. The molecular weight excluding hydrogens is 218 g/mol. The average Bonchev–Trinajstić information content (AvgIpc) is 2.61. The summed E-state index contributed by atoms with van der Waals surface area (Å²) in [7, 11) is 0. The maximum atomic E-state index is 11.8. The molecule has 2 aromatic rings. The summed E-state index contributed by atoms with van der Waals surface area (Å²) in [5.41, 5.74) is 0.619. The van der Waals surface area contributed by atoms with Crippen molar-refractivity contribution in [2.75, 3.05) is 0 Å². The molecule has 0 radical (unpaired) electrons. The fraction of sp³-hybridized carbons (Fsp3) is 0.308. The number of hydroxylamine groups is 1. The van der Waals surface area contributed by atoms with E-state index in [1.54, 1.807) is 17.6 Å². The van der Waals surface area contributed by atoms with Crippen LogP contribution in [0.1, 0.15) is 26.3 Å². The third-order valence-electron chi connectivity index (χ3n) is 2.43. The van der Waals surface area contributed by atoms with Gasteiger partial charge in [0.2, 0.25) is 0 Å². The van der Waals surface area contributed by atoms with Crippen molar-refractivity contribution in [2.45, 2.75) is 26.3 Å². The van der Waals surface area contributed by atoms with Gasteiger partial charge in [-0.3, -0.25) is 0 Å². The van der Waals surface area contributed by atoms with Crippen LogP contribution in [0.5, 0.6) is 0 Å². The minimum absolute atomic E-state index is 0.386. The summed E-state index contributed by atoms with van der Waals surface area (Å²) in [6.45, 7) is 5.72. The number of nitrogens with zero attached hydrogens (tertiary/aromatic N) is 1. The van der Waals surface area contributed by atoms with Crippen LogP contribution in [0.3, 0.4) is 0 Å². The third kappa shape index (κ3) is 2.09. The maximum absolute atomic E-state index is 11.8. The largest absolute Gasteiger partial charge is 0.623 e. The van der Waals surface area contributed by atoms with Crippen molar-refractivity contribution in [1.29, 1.82) is 0 Å². The van der Waals surface area contributed by atoms with Gasteiger partial charge < -0.3 is 5.21 Å². The Morgan fingerprint density at radius 1 is 1.25 bits per heavy atom. The smallest absolute Gasteiger partial charge is 0.183 e. The van der Waals surface area contributed by atoms with Crippen LogP contribution in [0.25, 0.3) is 10.1 Å². The lowest BCUT2D eigenvalue weighted by molar-refractivity contribution is -0.530. The van der Waals surface area contributed by atoms with Gasteiger partial charge in [0, 0.05) is 36.2 Å². The van der Waals surface area contributed by atoms with Crippen LogP contribution in [0.2, 0.25) is 0 Å². The molecule has 2 nitrogen and oxygen atoms in total. The molecule has 0 aliphatic carbocycles. The number of benzene rings is 1. The summed E-state index contributed by atoms with van der Waals surface area (Å²) in [5.74, 6) is 0. The van der Waals surface area contributed by atoms with Crippen molar-refractivity contribution in [3.63, 3.8) is 0 Å². The Labute approximate surface area is 99.4 Å². The van der Waals surface area contributed by atoms with Gasteiger partial charge in [-0.15, -0.1) is 11.3 Å². The molecule has 0 atom stereocenters. The van der Waals surface area contributed by atoms with Gasteiger partial charge in [-0.05, 0) is 6.07 Å². The van der Waals surface area contributed by atoms with Crippen LogP contribution in [0.4, 0.5) is 0 Å². The molecule has 0 fully saturated rings. The van der Waals surface area contributed by atoms with Crippen LogP contribution in [0, 0.1) is 5.21 Å². The number of hydrogen-bond donors (Lipinski definition) is 0. The third-order valence-corrected chi connectivity index (χ3v) is 3.41. The van der Waals surface area contributed by atoms with Crippen molar-refractivity contribution < 1.29 is 4.74 Å². The minimum atomic E-state index is -0.386. The lowest BCUT2D eigenvalue weighted by Crippen LogP contribution is -2.29. The highest BCUT2D eigenvalue weighted by atomic mass is 32.1. The van der Waals surface area contributed by atoms with Crippen LogP contribution in [0.15, 0.2) is 29.6 Å². The second-order valence-electron chi connectivity index (χ2n) is 4.81. The van der Waals surface area contributed by atoms with Crippen molar-refractivity contribution in [2.24, 2.45) is 0 Å². The van der Waals surface area contributed by atoms with E-state index in [1.807, 2.05) is 44.4 Å². The Bertz CT molecular complexity index is 534. The zero-order chi connectivity index (χ0) is 11.8. The molecule has 0 amide bonds. The monoisotopic (exact) mass is 233 g/mol. The van der Waals surface area contributed by atoms with E-state index in [-0.39, 0.29) is 5.54 Å². The molecular formula is C13H15NOS. The quantitative estimate of drug-likeness (QED) is 0.320. The van der Waals surface area contributed by atoms with E-state index in [4.69, 9.17) is 0 Å². The summed E-state index contributed by atoms with van der Waals surface area (Å²) in [6, 6.07) is 8.14. The number of rotatable bonds is 1. The summed E-state index contributed by atoms with van der Waals surface area (Å²) in [6.07, 6.45) is 1.68. The first-order valence-electron chi connectivity index (χ1n) is 5.26. The van der Waals surface area contributed by atoms with Gasteiger partial charge in [-0.25, -0.2) is 4.74 Å². The summed E-state index contributed by atoms with van der Waals surface area (Å²) in [5, 5.41) is 15.0. The van der Waals surface area contributed by atoms with E-state index in [0.29, 0.717) is 0 Å². The fourth-order valence-electron chi connectivity index (χ4n) is 1.42. The van der Waals surface area contributed by atoms with Gasteiger partial charge in [-0.1, -0.05) is 18.2 Å². The topological polar surface area (TPSA) is 26.1 Å². The standard InChI is InChI=1S/C13H15NOS/c1-13(2,3)14(15)8-10-9-16-12-7-5-4-6-11(10)12/h4-9H,1-3H3. The first-order chi connectivity index (χ1) is 7.48. The highest BCUT2D eigenvalue weighted by Crippen LogP contribution is 2.24. The predicted octanol–water partition coefficient (Wildman–Crippen LogP) is 3.63. The van der Waals surface area contributed by atoms with Gasteiger partial charge in [0.05, 0.1) is 5.56 Å². The molecule has 0 saturated heterocycles. The van der Waals surface area contributed by atoms with Gasteiger partial charge in [-0.2, -0.15) is 0 Å². The second kappa shape index (κ2) is 3.91. The van der Waals surface area contributed by atoms with Crippen LogP contribution in [-0.2, 0) is 0 Å². The van der Waals surface area contributed by atoms with Crippen LogP contribution >= 0.6 is 11.3 Å². The molecule has 0 aliphatic rings. The lowest BCUT2D eigenvalue weighted by Gasteiger charge is -2.18. The number of hydrogen-bond acceptors (Lipinski definition) is 2. The van der Waals surface area contributed by atoms with E-state index in [0.717, 1.165) is 15.7 Å². The summed E-state index contributed by atoms with van der Waals surface area (Å²) in [4.78, 5) is 0. The minimum Gasteiger partial charge on any atom is -0.623 e. The van der Waals surface area contributed by atoms with E-state index >= 15 is 0 Å². The van der Waals surface area contributed by atoms with Gasteiger partial charge in [0.1, 0.15) is 0 Å². The second-order valence-corrected chi connectivity index (χ2v) is 5.72. The Balaban J connectivity index is 2.50. The molecule has 0 spiro atoms. The van der Waals surface area contributed by atoms with Gasteiger partial charge >= 0.3 is 0 Å². The SMILES string of the molecule is CC(C)(C)[N+]([O-])=Cc1csc2ccccc12. The zero-order valence-electron chi connectivity index (χ0n) is 9.73. The molecule has 1 aromatic carbocycles. The zero-order valence-corrected chi connectivity index (χ0v) is 10.5. The van der Waals surface area contributed by atoms with Crippen molar-refractivity contribution in [1.82, 2.24) is 0 Å². The molecule has 1 aromatic heterocycles. The van der Waals surface area contributed by atoms with Crippen molar-refractivity contribution in [3.8, 4) is 0 Å². The summed E-state index contributed by atoms with van der Waals surface area (Å²) < 4.78 is 2.23. The Morgan fingerprint density at radius 2 is 1.94 bits per heavy atom. The van der Waals surface area contributed by atoms with Crippen molar-refractivity contribution >= 4 is 27.6 Å². The Hall–Kier alpha value is -1.35. The number of thiophene rings is 1.